The van der Waals surface area contributed by atoms with Gasteiger partial charge in [-0.3, -0.25) is 0 Å². The van der Waals surface area contributed by atoms with Crippen molar-refractivity contribution in [2.75, 3.05) is 0 Å². The molecule has 94 valence electrons. The van der Waals surface area contributed by atoms with E-state index in [0.29, 0.717) is 0 Å². The van der Waals surface area contributed by atoms with Gasteiger partial charge in [0, 0.05) is 18.7 Å². The molecule has 3 rings (SSSR count). The molecule has 0 saturated heterocycles. The average molecular weight is 394 g/mol. The summed E-state index contributed by atoms with van der Waals surface area (Å²) in [5.41, 5.74) is 2.52. The third kappa shape index (κ3) is 2.99. The molecule has 0 nitrogen and oxygen atoms in total. The highest BCUT2D eigenvalue weighted by atomic mass is 79.9. The van der Waals surface area contributed by atoms with Crippen molar-refractivity contribution in [2.45, 2.75) is 0 Å². The molecule has 0 atom stereocenters. The largest absolute Gasteiger partial charge is 0.135 e. The first-order valence-electron chi connectivity index (χ1n) is 5.84. The zero-order valence-corrected chi connectivity index (χ0v) is 13.9. The SMILES string of the molecule is Brc1ccc(-c2ccc(-c3ccc(Br)cc3)s2)cc1. The van der Waals surface area contributed by atoms with Crippen molar-refractivity contribution in [1.82, 2.24) is 0 Å². The van der Waals surface area contributed by atoms with Crippen LogP contribution in [0.1, 0.15) is 0 Å². The molecule has 19 heavy (non-hydrogen) atoms. The second-order valence-electron chi connectivity index (χ2n) is 4.18. The van der Waals surface area contributed by atoms with Crippen molar-refractivity contribution in [3.05, 3.63) is 69.6 Å². The van der Waals surface area contributed by atoms with Crippen LogP contribution in [-0.4, -0.2) is 0 Å². The summed E-state index contributed by atoms with van der Waals surface area (Å²) >= 11 is 8.75. The maximum absolute atomic E-state index is 3.47. The molecule has 1 aromatic heterocycles. The highest BCUT2D eigenvalue weighted by Gasteiger charge is 2.04. The first kappa shape index (κ1) is 13.1. The third-order valence-electron chi connectivity index (χ3n) is 2.86. The predicted octanol–water partition coefficient (Wildman–Crippen LogP) is 6.61. The molecule has 0 aliphatic heterocycles. The van der Waals surface area contributed by atoms with E-state index in [9.17, 15) is 0 Å². The normalized spacial score (nSPS) is 10.6. The molecule has 0 aliphatic rings. The van der Waals surface area contributed by atoms with E-state index in [0.717, 1.165) is 8.95 Å². The second-order valence-corrected chi connectivity index (χ2v) is 7.09. The molecule has 3 heteroatoms. The van der Waals surface area contributed by atoms with Crippen LogP contribution < -0.4 is 0 Å². The van der Waals surface area contributed by atoms with Gasteiger partial charge in [-0.05, 0) is 47.5 Å². The summed E-state index contributed by atoms with van der Waals surface area (Å²) in [6, 6.07) is 21.2. The van der Waals surface area contributed by atoms with Crippen LogP contribution in [0.5, 0.6) is 0 Å². The molecule has 2 aromatic carbocycles. The summed E-state index contributed by atoms with van der Waals surface area (Å²) in [5.74, 6) is 0. The van der Waals surface area contributed by atoms with E-state index in [1.54, 1.807) is 0 Å². The maximum atomic E-state index is 3.47. The predicted molar refractivity (Wildman–Crippen MR) is 90.6 cm³/mol. The summed E-state index contributed by atoms with van der Waals surface area (Å²) in [5, 5.41) is 0. The Hall–Kier alpha value is -0.900. The van der Waals surface area contributed by atoms with Gasteiger partial charge in [0.15, 0.2) is 0 Å². The summed E-state index contributed by atoms with van der Waals surface area (Å²) < 4.78 is 2.22. The highest BCUT2D eigenvalue weighted by molar-refractivity contribution is 9.10. The van der Waals surface area contributed by atoms with Gasteiger partial charge in [-0.1, -0.05) is 56.1 Å². The van der Waals surface area contributed by atoms with Gasteiger partial charge in [-0.2, -0.15) is 0 Å². The fourth-order valence-electron chi connectivity index (χ4n) is 1.88. The molecule has 0 amide bonds. The van der Waals surface area contributed by atoms with Crippen LogP contribution >= 0.6 is 43.2 Å². The van der Waals surface area contributed by atoms with Crippen molar-refractivity contribution in [2.24, 2.45) is 0 Å². The van der Waals surface area contributed by atoms with Gasteiger partial charge in [0.2, 0.25) is 0 Å². The Kier molecular flexibility index (Phi) is 3.87. The van der Waals surface area contributed by atoms with E-state index >= 15 is 0 Å². The molecule has 0 N–H and O–H groups in total. The average Bonchev–Trinajstić information content (AvgIpc) is 2.90. The van der Waals surface area contributed by atoms with Crippen LogP contribution in [0.25, 0.3) is 20.9 Å². The van der Waals surface area contributed by atoms with Crippen LogP contribution in [0.15, 0.2) is 69.6 Å². The Balaban J connectivity index is 1.95. The Bertz CT molecular complexity index is 622. The molecule has 0 saturated carbocycles. The van der Waals surface area contributed by atoms with E-state index in [2.05, 4.69) is 92.5 Å². The number of rotatable bonds is 2. The first-order chi connectivity index (χ1) is 9.22. The molecule has 0 bridgehead atoms. The van der Waals surface area contributed by atoms with E-state index < -0.39 is 0 Å². The van der Waals surface area contributed by atoms with Crippen molar-refractivity contribution in [3.63, 3.8) is 0 Å². The smallest absolute Gasteiger partial charge is 0.0349 e. The lowest BCUT2D eigenvalue weighted by Crippen LogP contribution is -1.71. The Morgan fingerprint density at radius 1 is 0.526 bits per heavy atom. The molecule has 0 aliphatic carbocycles. The Labute approximate surface area is 133 Å². The standard InChI is InChI=1S/C16H10Br2S/c17-13-5-1-11(2-6-13)15-9-10-16(19-15)12-3-7-14(18)8-4-12/h1-10H. The summed E-state index contributed by atoms with van der Waals surface area (Å²) in [6.07, 6.45) is 0. The quantitative estimate of drug-likeness (QED) is 0.459. The maximum Gasteiger partial charge on any atom is 0.0349 e. The summed E-state index contributed by atoms with van der Waals surface area (Å²) in [7, 11) is 0. The van der Waals surface area contributed by atoms with Crippen molar-refractivity contribution >= 4 is 43.2 Å². The van der Waals surface area contributed by atoms with Gasteiger partial charge in [-0.25, -0.2) is 0 Å². The van der Waals surface area contributed by atoms with Crippen LogP contribution in [-0.2, 0) is 0 Å². The van der Waals surface area contributed by atoms with Gasteiger partial charge < -0.3 is 0 Å². The van der Waals surface area contributed by atoms with Crippen LogP contribution in [0.3, 0.4) is 0 Å². The lowest BCUT2D eigenvalue weighted by Gasteiger charge is -1.98. The molecule has 0 unspecified atom stereocenters. The number of thiophene rings is 1. The molecule has 3 aromatic rings. The topological polar surface area (TPSA) is 0 Å². The molecule has 0 radical (unpaired) electrons. The zero-order valence-electron chi connectivity index (χ0n) is 9.94. The Morgan fingerprint density at radius 2 is 0.895 bits per heavy atom. The first-order valence-corrected chi connectivity index (χ1v) is 8.24. The summed E-state index contributed by atoms with van der Waals surface area (Å²) in [4.78, 5) is 2.59. The number of hydrogen-bond donors (Lipinski definition) is 0. The van der Waals surface area contributed by atoms with Crippen LogP contribution in [0.2, 0.25) is 0 Å². The number of halogens is 2. The number of hydrogen-bond acceptors (Lipinski definition) is 1. The van der Waals surface area contributed by atoms with Gasteiger partial charge in [0.25, 0.3) is 0 Å². The minimum Gasteiger partial charge on any atom is -0.135 e. The lowest BCUT2D eigenvalue weighted by molar-refractivity contribution is 1.64. The zero-order chi connectivity index (χ0) is 13.2. The fourth-order valence-corrected chi connectivity index (χ4v) is 3.42. The minimum absolute atomic E-state index is 1.11. The van der Waals surface area contributed by atoms with Crippen molar-refractivity contribution < 1.29 is 0 Å². The van der Waals surface area contributed by atoms with E-state index in [1.807, 2.05) is 11.3 Å². The third-order valence-corrected chi connectivity index (χ3v) is 5.10. The van der Waals surface area contributed by atoms with Gasteiger partial charge in [0.05, 0.1) is 0 Å². The van der Waals surface area contributed by atoms with E-state index in [-0.39, 0.29) is 0 Å². The van der Waals surface area contributed by atoms with Crippen molar-refractivity contribution in [3.8, 4) is 20.9 Å². The number of benzene rings is 2. The lowest BCUT2D eigenvalue weighted by atomic mass is 10.2. The van der Waals surface area contributed by atoms with Crippen LogP contribution in [0, 0.1) is 0 Å². The van der Waals surface area contributed by atoms with Gasteiger partial charge in [-0.15, -0.1) is 11.3 Å². The molecular weight excluding hydrogens is 384 g/mol. The van der Waals surface area contributed by atoms with Crippen molar-refractivity contribution in [1.29, 1.82) is 0 Å². The molecule has 0 fully saturated rings. The second kappa shape index (κ2) is 5.61. The van der Waals surface area contributed by atoms with Crippen LogP contribution in [0.4, 0.5) is 0 Å². The molecular formula is C16H10Br2S. The fraction of sp³-hybridized carbons (Fsp3) is 0. The summed E-state index contributed by atoms with van der Waals surface area (Å²) in [6.45, 7) is 0. The monoisotopic (exact) mass is 392 g/mol. The highest BCUT2D eigenvalue weighted by Crippen LogP contribution is 2.35. The van der Waals surface area contributed by atoms with E-state index in [4.69, 9.17) is 0 Å². The minimum atomic E-state index is 1.11. The molecule has 0 spiro atoms. The Morgan fingerprint density at radius 3 is 1.26 bits per heavy atom. The van der Waals surface area contributed by atoms with E-state index in [1.165, 1.54) is 20.9 Å². The van der Waals surface area contributed by atoms with Gasteiger partial charge in [0.1, 0.15) is 0 Å². The molecule has 1 heterocycles. The van der Waals surface area contributed by atoms with Gasteiger partial charge >= 0.3 is 0 Å².